The normalized spacial score (nSPS) is 9.40. The van der Waals surface area contributed by atoms with Crippen molar-refractivity contribution < 1.29 is 14.7 Å². The van der Waals surface area contributed by atoms with E-state index in [4.69, 9.17) is 0 Å². The molecule has 0 unspecified atom stereocenters. The molecular formula is C11H11NO3. The van der Waals surface area contributed by atoms with E-state index in [1.54, 1.807) is 0 Å². The zero-order chi connectivity index (χ0) is 11.4. The molecule has 0 heterocycles. The van der Waals surface area contributed by atoms with Gasteiger partial charge in [0.15, 0.2) is 5.78 Å². The van der Waals surface area contributed by atoms with Gasteiger partial charge in [-0.05, 0) is 31.2 Å². The van der Waals surface area contributed by atoms with E-state index in [1.807, 2.05) is 0 Å². The number of Topliss-reactive ketones (excluding diaryl/α,β-unsaturated/α-hetero) is 1. The molecule has 0 saturated carbocycles. The number of nitrogens with one attached hydrogen (secondary N) is 1. The summed E-state index contributed by atoms with van der Waals surface area (Å²) in [5.41, 5.74) is 0.635. The Hall–Kier alpha value is -2.10. The van der Waals surface area contributed by atoms with Gasteiger partial charge in [0, 0.05) is 5.56 Å². The number of benzene rings is 1. The van der Waals surface area contributed by atoms with E-state index in [0.29, 0.717) is 5.69 Å². The van der Waals surface area contributed by atoms with Gasteiger partial charge in [-0.15, -0.1) is 0 Å². The van der Waals surface area contributed by atoms with Crippen molar-refractivity contribution in [1.82, 2.24) is 0 Å². The number of ketones is 1. The van der Waals surface area contributed by atoms with Crippen LogP contribution in [0, 0.1) is 0 Å². The SMILES string of the molecule is C=CC(=O)Nc1ccc(O)cc1C(C)=O. The Kier molecular flexibility index (Phi) is 3.23. The predicted octanol–water partition coefficient (Wildman–Crippen LogP) is 1.72. The molecule has 0 aliphatic rings. The van der Waals surface area contributed by atoms with Crippen molar-refractivity contribution in [2.24, 2.45) is 0 Å². The fraction of sp³-hybridized carbons (Fsp3) is 0.0909. The van der Waals surface area contributed by atoms with E-state index in [0.717, 1.165) is 6.08 Å². The highest BCUT2D eigenvalue weighted by Gasteiger charge is 2.09. The minimum Gasteiger partial charge on any atom is -0.508 e. The van der Waals surface area contributed by atoms with Crippen LogP contribution in [0.2, 0.25) is 0 Å². The molecule has 0 atom stereocenters. The lowest BCUT2D eigenvalue weighted by Crippen LogP contribution is -2.10. The van der Waals surface area contributed by atoms with E-state index in [-0.39, 0.29) is 17.1 Å². The van der Waals surface area contributed by atoms with Crippen LogP contribution in [0.4, 0.5) is 5.69 Å². The molecule has 0 fully saturated rings. The lowest BCUT2D eigenvalue weighted by atomic mass is 10.1. The van der Waals surface area contributed by atoms with Crippen LogP contribution in [0.15, 0.2) is 30.9 Å². The fourth-order valence-electron chi connectivity index (χ4n) is 1.12. The van der Waals surface area contributed by atoms with E-state index in [1.165, 1.54) is 25.1 Å². The van der Waals surface area contributed by atoms with Gasteiger partial charge in [-0.1, -0.05) is 6.58 Å². The summed E-state index contributed by atoms with van der Waals surface area (Å²) in [5.74, 6) is -0.648. The smallest absolute Gasteiger partial charge is 0.247 e. The van der Waals surface area contributed by atoms with Gasteiger partial charge < -0.3 is 10.4 Å². The first-order valence-corrected chi connectivity index (χ1v) is 4.32. The van der Waals surface area contributed by atoms with Gasteiger partial charge >= 0.3 is 0 Å². The topological polar surface area (TPSA) is 66.4 Å². The van der Waals surface area contributed by atoms with Gasteiger partial charge in [-0.2, -0.15) is 0 Å². The number of amides is 1. The Morgan fingerprint density at radius 2 is 2.13 bits per heavy atom. The molecule has 0 radical (unpaired) electrons. The highest BCUT2D eigenvalue weighted by molar-refractivity contribution is 6.06. The molecule has 1 aromatic rings. The Balaban J connectivity index is 3.11. The lowest BCUT2D eigenvalue weighted by Gasteiger charge is -2.07. The van der Waals surface area contributed by atoms with Crippen molar-refractivity contribution in [3.05, 3.63) is 36.4 Å². The van der Waals surface area contributed by atoms with E-state index in [9.17, 15) is 14.7 Å². The summed E-state index contributed by atoms with van der Waals surface area (Å²) >= 11 is 0. The van der Waals surface area contributed by atoms with Gasteiger partial charge in [0.1, 0.15) is 5.75 Å². The van der Waals surface area contributed by atoms with Gasteiger partial charge in [0.05, 0.1) is 5.69 Å². The van der Waals surface area contributed by atoms with Crippen molar-refractivity contribution in [2.75, 3.05) is 5.32 Å². The molecule has 0 aromatic heterocycles. The molecule has 0 bridgehead atoms. The zero-order valence-corrected chi connectivity index (χ0v) is 8.28. The van der Waals surface area contributed by atoms with Crippen molar-refractivity contribution in [1.29, 1.82) is 0 Å². The molecule has 4 heteroatoms. The largest absolute Gasteiger partial charge is 0.508 e. The highest BCUT2D eigenvalue weighted by Crippen LogP contribution is 2.21. The van der Waals surface area contributed by atoms with Crippen molar-refractivity contribution in [3.63, 3.8) is 0 Å². The molecule has 1 rings (SSSR count). The predicted molar refractivity (Wildman–Crippen MR) is 56.9 cm³/mol. The molecule has 15 heavy (non-hydrogen) atoms. The summed E-state index contributed by atoms with van der Waals surface area (Å²) in [6.07, 6.45) is 1.11. The molecule has 78 valence electrons. The standard InChI is InChI=1S/C11H11NO3/c1-3-11(15)12-10-5-4-8(14)6-9(10)7(2)13/h3-6,14H,1H2,2H3,(H,12,15). The van der Waals surface area contributed by atoms with Crippen LogP contribution in [0.5, 0.6) is 5.75 Å². The van der Waals surface area contributed by atoms with Crippen LogP contribution in [0.1, 0.15) is 17.3 Å². The number of hydrogen-bond acceptors (Lipinski definition) is 3. The zero-order valence-electron chi connectivity index (χ0n) is 8.28. The summed E-state index contributed by atoms with van der Waals surface area (Å²) < 4.78 is 0. The minimum atomic E-state index is -0.400. The van der Waals surface area contributed by atoms with Crippen molar-refractivity contribution >= 4 is 17.4 Å². The Morgan fingerprint density at radius 1 is 1.47 bits per heavy atom. The van der Waals surface area contributed by atoms with E-state index < -0.39 is 5.91 Å². The fourth-order valence-corrected chi connectivity index (χ4v) is 1.12. The number of aromatic hydroxyl groups is 1. The first-order chi connectivity index (χ1) is 7.04. The number of carbonyl (C=O) groups is 2. The quantitative estimate of drug-likeness (QED) is 0.448. The van der Waals surface area contributed by atoms with E-state index >= 15 is 0 Å². The number of carbonyl (C=O) groups excluding carboxylic acids is 2. The monoisotopic (exact) mass is 205 g/mol. The molecule has 2 N–H and O–H groups in total. The highest BCUT2D eigenvalue weighted by atomic mass is 16.3. The van der Waals surface area contributed by atoms with Gasteiger partial charge in [-0.25, -0.2) is 0 Å². The molecular weight excluding hydrogens is 194 g/mol. The summed E-state index contributed by atoms with van der Waals surface area (Å²) in [6, 6.07) is 4.17. The molecule has 1 amide bonds. The van der Waals surface area contributed by atoms with Crippen LogP contribution in [0.3, 0.4) is 0 Å². The number of phenolic OH excluding ortho intramolecular Hbond substituents is 1. The number of hydrogen-bond donors (Lipinski definition) is 2. The average Bonchev–Trinajstić information content (AvgIpc) is 2.20. The van der Waals surface area contributed by atoms with Gasteiger partial charge in [-0.3, -0.25) is 9.59 Å². The molecule has 0 aliphatic carbocycles. The third-order valence-corrected chi connectivity index (χ3v) is 1.83. The number of phenols is 1. The first-order valence-electron chi connectivity index (χ1n) is 4.32. The minimum absolute atomic E-state index is 0.0168. The van der Waals surface area contributed by atoms with Crippen LogP contribution in [0.25, 0.3) is 0 Å². The molecule has 1 aromatic carbocycles. The maximum Gasteiger partial charge on any atom is 0.247 e. The second-order valence-electron chi connectivity index (χ2n) is 2.98. The number of rotatable bonds is 3. The Labute approximate surface area is 87.2 Å². The van der Waals surface area contributed by atoms with Crippen LogP contribution in [-0.4, -0.2) is 16.8 Å². The van der Waals surface area contributed by atoms with Gasteiger partial charge in [0.25, 0.3) is 0 Å². The lowest BCUT2D eigenvalue weighted by molar-refractivity contribution is -0.111. The number of anilines is 1. The second-order valence-corrected chi connectivity index (χ2v) is 2.98. The van der Waals surface area contributed by atoms with Crippen molar-refractivity contribution in [3.8, 4) is 5.75 Å². The Bertz CT molecular complexity index is 424. The maximum atomic E-state index is 11.2. The first kappa shape index (κ1) is 11.0. The van der Waals surface area contributed by atoms with E-state index in [2.05, 4.69) is 11.9 Å². The van der Waals surface area contributed by atoms with Crippen LogP contribution < -0.4 is 5.32 Å². The van der Waals surface area contributed by atoms with Crippen LogP contribution in [-0.2, 0) is 4.79 Å². The maximum absolute atomic E-state index is 11.2. The third-order valence-electron chi connectivity index (χ3n) is 1.83. The third kappa shape index (κ3) is 2.67. The Morgan fingerprint density at radius 3 is 2.67 bits per heavy atom. The summed E-state index contributed by atoms with van der Waals surface area (Å²) in [4.78, 5) is 22.2. The second kappa shape index (κ2) is 4.41. The molecule has 0 aliphatic heterocycles. The molecule has 0 saturated heterocycles. The molecule has 4 nitrogen and oxygen atoms in total. The summed E-state index contributed by atoms with van der Waals surface area (Å²) in [5, 5.41) is 11.7. The molecule has 0 spiro atoms. The van der Waals surface area contributed by atoms with Crippen molar-refractivity contribution in [2.45, 2.75) is 6.92 Å². The average molecular weight is 205 g/mol. The summed E-state index contributed by atoms with van der Waals surface area (Å²) in [6.45, 7) is 4.66. The van der Waals surface area contributed by atoms with Crippen LogP contribution >= 0.6 is 0 Å². The summed E-state index contributed by atoms with van der Waals surface area (Å²) in [7, 11) is 0. The van der Waals surface area contributed by atoms with Gasteiger partial charge in [0.2, 0.25) is 5.91 Å².